The average molecular weight is 367 g/mol. The third kappa shape index (κ3) is 6.26. The van der Waals surface area contributed by atoms with Crippen molar-refractivity contribution in [3.63, 3.8) is 0 Å². The Hall–Kier alpha value is -1.49. The van der Waals surface area contributed by atoms with Crippen molar-refractivity contribution >= 4 is 47.1 Å². The van der Waals surface area contributed by atoms with Crippen LogP contribution in [0.4, 0.5) is 0 Å². The molecule has 1 N–H and O–H groups in total. The summed E-state index contributed by atoms with van der Waals surface area (Å²) in [7, 11) is 0. The van der Waals surface area contributed by atoms with Gasteiger partial charge in [0.15, 0.2) is 0 Å². The lowest BCUT2D eigenvalue weighted by Crippen LogP contribution is -2.20. The van der Waals surface area contributed by atoms with Crippen molar-refractivity contribution in [2.24, 2.45) is 5.10 Å². The van der Waals surface area contributed by atoms with Crippen LogP contribution in [-0.2, 0) is 11.2 Å². The van der Waals surface area contributed by atoms with E-state index in [0.29, 0.717) is 21.4 Å². The van der Waals surface area contributed by atoms with Crippen molar-refractivity contribution in [3.05, 3.63) is 69.7 Å². The number of carbonyl (C=O) groups excluding carboxylic acids is 1. The molecule has 0 spiro atoms. The van der Waals surface area contributed by atoms with Crippen LogP contribution >= 0.6 is 35.0 Å². The van der Waals surface area contributed by atoms with Gasteiger partial charge in [0, 0.05) is 5.56 Å². The highest BCUT2D eigenvalue weighted by molar-refractivity contribution is 7.99. The molecule has 0 unspecified atom stereocenters. The number of rotatable bonds is 7. The summed E-state index contributed by atoms with van der Waals surface area (Å²) in [6, 6.07) is 15.4. The molecule has 0 heterocycles. The van der Waals surface area contributed by atoms with Gasteiger partial charge < -0.3 is 0 Å². The highest BCUT2D eigenvalue weighted by Crippen LogP contribution is 2.21. The van der Waals surface area contributed by atoms with E-state index in [-0.39, 0.29) is 5.91 Å². The molecule has 2 aromatic carbocycles. The van der Waals surface area contributed by atoms with Gasteiger partial charge in [0.2, 0.25) is 5.91 Å². The first kappa shape index (κ1) is 17.9. The first-order valence-corrected chi connectivity index (χ1v) is 8.95. The fourth-order valence-electron chi connectivity index (χ4n) is 1.83. The molecular formula is C17H16Cl2N2OS. The molecule has 2 rings (SSSR count). The van der Waals surface area contributed by atoms with Crippen molar-refractivity contribution in [1.29, 1.82) is 0 Å². The number of carbonyl (C=O) groups is 1. The zero-order valence-electron chi connectivity index (χ0n) is 12.3. The summed E-state index contributed by atoms with van der Waals surface area (Å²) in [5.74, 6) is 1.10. The van der Waals surface area contributed by atoms with Gasteiger partial charge in [0.05, 0.1) is 22.0 Å². The molecule has 0 saturated carbocycles. The van der Waals surface area contributed by atoms with Crippen molar-refractivity contribution in [1.82, 2.24) is 5.43 Å². The van der Waals surface area contributed by atoms with E-state index >= 15 is 0 Å². The number of amides is 1. The SMILES string of the molecule is O=C(CSCCc1ccccc1)N/N=C\c1c(Cl)cccc1Cl. The zero-order chi connectivity index (χ0) is 16.5. The van der Waals surface area contributed by atoms with Crippen molar-refractivity contribution in [2.75, 3.05) is 11.5 Å². The number of halogens is 2. The molecule has 0 radical (unpaired) electrons. The van der Waals surface area contributed by atoms with Gasteiger partial charge in [0.1, 0.15) is 0 Å². The van der Waals surface area contributed by atoms with Gasteiger partial charge in [-0.1, -0.05) is 59.6 Å². The topological polar surface area (TPSA) is 41.5 Å². The first-order chi connectivity index (χ1) is 11.2. The number of hydrogen-bond acceptors (Lipinski definition) is 3. The smallest absolute Gasteiger partial charge is 0.250 e. The van der Waals surface area contributed by atoms with Crippen LogP contribution < -0.4 is 5.43 Å². The number of hydrazone groups is 1. The summed E-state index contributed by atoms with van der Waals surface area (Å²) in [5.41, 5.74) is 4.34. The standard InChI is InChI=1S/C17H16Cl2N2OS/c18-15-7-4-8-16(19)14(15)11-20-21-17(22)12-23-10-9-13-5-2-1-3-6-13/h1-8,11H,9-10,12H2,(H,21,22)/b20-11-. The zero-order valence-corrected chi connectivity index (χ0v) is 14.7. The summed E-state index contributed by atoms with van der Waals surface area (Å²) in [4.78, 5) is 11.7. The van der Waals surface area contributed by atoms with Gasteiger partial charge in [-0.15, -0.1) is 0 Å². The molecule has 0 atom stereocenters. The van der Waals surface area contributed by atoms with Crippen LogP contribution in [0, 0.1) is 0 Å². The first-order valence-electron chi connectivity index (χ1n) is 7.04. The summed E-state index contributed by atoms with van der Waals surface area (Å²) >= 11 is 13.6. The molecule has 0 saturated heterocycles. The Bertz CT molecular complexity index is 657. The summed E-state index contributed by atoms with van der Waals surface area (Å²) < 4.78 is 0. The molecule has 2 aromatic rings. The van der Waals surface area contributed by atoms with E-state index in [1.807, 2.05) is 18.2 Å². The lowest BCUT2D eigenvalue weighted by Gasteiger charge is -2.02. The van der Waals surface area contributed by atoms with Crippen LogP contribution in [-0.4, -0.2) is 23.6 Å². The van der Waals surface area contributed by atoms with Gasteiger partial charge in [-0.05, 0) is 29.9 Å². The van der Waals surface area contributed by atoms with E-state index in [9.17, 15) is 4.79 Å². The van der Waals surface area contributed by atoms with E-state index in [2.05, 4.69) is 22.7 Å². The number of aryl methyl sites for hydroxylation is 1. The summed E-state index contributed by atoms with van der Waals surface area (Å²) in [6.07, 6.45) is 2.40. The predicted octanol–water partition coefficient (Wildman–Crippen LogP) is 4.42. The molecule has 3 nitrogen and oxygen atoms in total. The number of thioether (sulfide) groups is 1. The molecule has 23 heavy (non-hydrogen) atoms. The van der Waals surface area contributed by atoms with Gasteiger partial charge in [0.25, 0.3) is 0 Å². The second-order valence-corrected chi connectivity index (χ2v) is 6.64. The average Bonchev–Trinajstić information content (AvgIpc) is 2.55. The van der Waals surface area contributed by atoms with Gasteiger partial charge in [-0.3, -0.25) is 4.79 Å². The predicted molar refractivity (Wildman–Crippen MR) is 99.7 cm³/mol. The van der Waals surface area contributed by atoms with Gasteiger partial charge in [-0.2, -0.15) is 16.9 Å². The quantitative estimate of drug-likeness (QED) is 0.447. The Balaban J connectivity index is 1.70. The molecule has 0 aromatic heterocycles. The fraction of sp³-hybridized carbons (Fsp3) is 0.176. The Morgan fingerprint density at radius 3 is 2.48 bits per heavy atom. The molecule has 0 fully saturated rings. The normalized spacial score (nSPS) is 10.9. The minimum absolute atomic E-state index is 0.150. The Kier molecular flexibility index (Phi) is 7.46. The summed E-state index contributed by atoms with van der Waals surface area (Å²) in [5, 5.41) is 4.88. The second-order valence-electron chi connectivity index (χ2n) is 4.72. The third-order valence-electron chi connectivity index (χ3n) is 2.99. The number of hydrogen-bond donors (Lipinski definition) is 1. The van der Waals surface area contributed by atoms with Crippen LogP contribution in [0.1, 0.15) is 11.1 Å². The van der Waals surface area contributed by atoms with Crippen LogP contribution in [0.25, 0.3) is 0 Å². The van der Waals surface area contributed by atoms with E-state index in [4.69, 9.17) is 23.2 Å². The molecule has 0 aliphatic rings. The minimum atomic E-state index is -0.150. The van der Waals surface area contributed by atoms with Crippen molar-refractivity contribution in [3.8, 4) is 0 Å². The van der Waals surface area contributed by atoms with E-state index in [1.54, 1.807) is 30.0 Å². The molecule has 0 aliphatic heterocycles. The van der Waals surface area contributed by atoms with Crippen molar-refractivity contribution < 1.29 is 4.79 Å². The van der Waals surface area contributed by atoms with E-state index < -0.39 is 0 Å². The Labute approximate surface area is 150 Å². The summed E-state index contributed by atoms with van der Waals surface area (Å²) in [6.45, 7) is 0. The van der Waals surface area contributed by atoms with E-state index in [0.717, 1.165) is 12.2 Å². The maximum Gasteiger partial charge on any atom is 0.250 e. The Morgan fingerprint density at radius 2 is 1.78 bits per heavy atom. The minimum Gasteiger partial charge on any atom is -0.272 e. The maximum atomic E-state index is 11.7. The number of nitrogens with one attached hydrogen (secondary N) is 1. The molecule has 0 aliphatic carbocycles. The van der Waals surface area contributed by atoms with Crippen LogP contribution in [0.3, 0.4) is 0 Å². The van der Waals surface area contributed by atoms with Crippen LogP contribution in [0.2, 0.25) is 10.0 Å². The lowest BCUT2D eigenvalue weighted by atomic mass is 10.2. The van der Waals surface area contributed by atoms with E-state index in [1.165, 1.54) is 11.8 Å². The molecule has 120 valence electrons. The number of benzene rings is 2. The highest BCUT2D eigenvalue weighted by atomic mass is 35.5. The van der Waals surface area contributed by atoms with Gasteiger partial charge >= 0.3 is 0 Å². The maximum absolute atomic E-state index is 11.7. The second kappa shape index (κ2) is 9.60. The molecule has 6 heteroatoms. The molecule has 0 bridgehead atoms. The molecule has 1 amide bonds. The fourth-order valence-corrected chi connectivity index (χ4v) is 3.10. The van der Waals surface area contributed by atoms with Gasteiger partial charge in [-0.25, -0.2) is 5.43 Å². The van der Waals surface area contributed by atoms with Crippen molar-refractivity contribution in [2.45, 2.75) is 6.42 Å². The monoisotopic (exact) mass is 366 g/mol. The highest BCUT2D eigenvalue weighted by Gasteiger charge is 2.03. The largest absolute Gasteiger partial charge is 0.272 e. The lowest BCUT2D eigenvalue weighted by molar-refractivity contribution is -0.118. The Morgan fingerprint density at radius 1 is 1.09 bits per heavy atom. The van der Waals surface area contributed by atoms with Crippen LogP contribution in [0.5, 0.6) is 0 Å². The third-order valence-corrected chi connectivity index (χ3v) is 4.61. The van der Waals surface area contributed by atoms with Crippen LogP contribution in [0.15, 0.2) is 53.6 Å². The number of nitrogens with zero attached hydrogens (tertiary/aromatic N) is 1. The molecular weight excluding hydrogens is 351 g/mol.